The summed E-state index contributed by atoms with van der Waals surface area (Å²) < 4.78 is 6.39. The Morgan fingerprint density at radius 2 is 1.96 bits per heavy atom. The Morgan fingerprint density at radius 1 is 1.19 bits per heavy atom. The number of aromatic nitrogens is 5. The first-order valence-corrected chi connectivity index (χ1v) is 8.84. The van der Waals surface area contributed by atoms with E-state index in [2.05, 4.69) is 30.2 Å². The molecule has 0 fully saturated rings. The van der Waals surface area contributed by atoms with Gasteiger partial charge in [0, 0.05) is 25.1 Å². The predicted octanol–water partition coefficient (Wildman–Crippen LogP) is 1.79. The number of nitrogens with one attached hydrogen (secondary N) is 1. The molecule has 0 aliphatic carbocycles. The highest BCUT2D eigenvalue weighted by molar-refractivity contribution is 7.99. The van der Waals surface area contributed by atoms with Crippen LogP contribution in [0.3, 0.4) is 0 Å². The average Bonchev–Trinajstić information content (AvgIpc) is 3.07. The van der Waals surface area contributed by atoms with Crippen molar-refractivity contribution in [1.82, 2.24) is 24.7 Å². The molecule has 3 aromatic rings. The van der Waals surface area contributed by atoms with Gasteiger partial charge < -0.3 is 14.6 Å². The standard InChI is InChI=1S/C17H16N6O3S/c1-23-15(13-9-18-7-8-19-13)21-22-17(23)27-10-14(24)20-12-5-3-11(4-6-12)16(25)26-2/h3-9H,10H2,1-2H3,(H,20,24). The fourth-order valence-electron chi connectivity index (χ4n) is 2.21. The van der Waals surface area contributed by atoms with Crippen molar-refractivity contribution < 1.29 is 14.3 Å². The number of rotatable bonds is 6. The molecule has 9 nitrogen and oxygen atoms in total. The molecule has 27 heavy (non-hydrogen) atoms. The summed E-state index contributed by atoms with van der Waals surface area (Å²) in [7, 11) is 3.12. The molecule has 2 aromatic heterocycles. The molecule has 0 unspecified atom stereocenters. The van der Waals surface area contributed by atoms with Gasteiger partial charge in [-0.2, -0.15) is 0 Å². The first-order valence-electron chi connectivity index (χ1n) is 7.85. The molecule has 0 saturated carbocycles. The Balaban J connectivity index is 1.58. The minimum absolute atomic E-state index is 0.158. The minimum Gasteiger partial charge on any atom is -0.465 e. The van der Waals surface area contributed by atoms with Crippen LogP contribution < -0.4 is 5.32 Å². The van der Waals surface area contributed by atoms with E-state index >= 15 is 0 Å². The third-order valence-corrected chi connectivity index (χ3v) is 4.57. The normalized spacial score (nSPS) is 10.4. The highest BCUT2D eigenvalue weighted by Crippen LogP contribution is 2.21. The lowest BCUT2D eigenvalue weighted by molar-refractivity contribution is -0.113. The molecular formula is C17H16N6O3S. The molecular weight excluding hydrogens is 368 g/mol. The van der Waals surface area contributed by atoms with Gasteiger partial charge in [0.05, 0.1) is 24.6 Å². The van der Waals surface area contributed by atoms with Crippen molar-refractivity contribution in [2.75, 3.05) is 18.2 Å². The van der Waals surface area contributed by atoms with Crippen LogP contribution in [0.25, 0.3) is 11.5 Å². The summed E-state index contributed by atoms with van der Waals surface area (Å²) in [6.45, 7) is 0. The maximum atomic E-state index is 12.1. The number of anilines is 1. The summed E-state index contributed by atoms with van der Waals surface area (Å²) in [6, 6.07) is 6.46. The van der Waals surface area contributed by atoms with E-state index in [-0.39, 0.29) is 11.7 Å². The van der Waals surface area contributed by atoms with Crippen LogP contribution in [0.5, 0.6) is 0 Å². The number of amides is 1. The fraction of sp³-hybridized carbons (Fsp3) is 0.176. The van der Waals surface area contributed by atoms with Crippen molar-refractivity contribution in [3.63, 3.8) is 0 Å². The SMILES string of the molecule is COC(=O)c1ccc(NC(=O)CSc2nnc(-c3cnccn3)n2C)cc1. The van der Waals surface area contributed by atoms with Gasteiger partial charge >= 0.3 is 5.97 Å². The van der Waals surface area contributed by atoms with Gasteiger partial charge in [0.2, 0.25) is 5.91 Å². The molecule has 10 heteroatoms. The molecule has 0 saturated heterocycles. The number of hydrogen-bond donors (Lipinski definition) is 1. The zero-order valence-corrected chi connectivity index (χ0v) is 15.4. The number of carbonyl (C=O) groups excluding carboxylic acids is 2. The fourth-order valence-corrected chi connectivity index (χ4v) is 2.92. The van der Waals surface area contributed by atoms with E-state index in [1.165, 1.54) is 18.9 Å². The summed E-state index contributed by atoms with van der Waals surface area (Å²) in [5, 5.41) is 11.5. The highest BCUT2D eigenvalue weighted by Gasteiger charge is 2.14. The second-order valence-corrected chi connectivity index (χ2v) is 6.30. The van der Waals surface area contributed by atoms with Gasteiger partial charge in [0.1, 0.15) is 5.69 Å². The predicted molar refractivity (Wildman–Crippen MR) is 99.2 cm³/mol. The smallest absolute Gasteiger partial charge is 0.337 e. The summed E-state index contributed by atoms with van der Waals surface area (Å²) in [6.07, 6.45) is 4.76. The Hall–Kier alpha value is -3.27. The summed E-state index contributed by atoms with van der Waals surface area (Å²) in [5.74, 6) is 0.106. The zero-order valence-electron chi connectivity index (χ0n) is 14.6. The van der Waals surface area contributed by atoms with Crippen LogP contribution >= 0.6 is 11.8 Å². The molecule has 0 bridgehead atoms. The maximum absolute atomic E-state index is 12.1. The van der Waals surface area contributed by atoms with Gasteiger partial charge in [-0.25, -0.2) is 9.78 Å². The van der Waals surface area contributed by atoms with Gasteiger partial charge in [-0.15, -0.1) is 10.2 Å². The largest absolute Gasteiger partial charge is 0.465 e. The van der Waals surface area contributed by atoms with E-state index in [0.717, 1.165) is 0 Å². The third-order valence-electron chi connectivity index (χ3n) is 3.55. The number of carbonyl (C=O) groups is 2. The molecule has 1 aromatic carbocycles. The van der Waals surface area contributed by atoms with Crippen molar-refractivity contribution >= 4 is 29.3 Å². The molecule has 0 spiro atoms. The number of thioether (sulfide) groups is 1. The number of benzene rings is 1. The molecule has 138 valence electrons. The van der Waals surface area contributed by atoms with Gasteiger partial charge in [0.25, 0.3) is 0 Å². The summed E-state index contributed by atoms with van der Waals surface area (Å²) in [4.78, 5) is 31.8. The van der Waals surface area contributed by atoms with Crippen molar-refractivity contribution in [3.05, 3.63) is 48.4 Å². The van der Waals surface area contributed by atoms with E-state index in [9.17, 15) is 9.59 Å². The van der Waals surface area contributed by atoms with Crippen LogP contribution in [0.2, 0.25) is 0 Å². The highest BCUT2D eigenvalue weighted by atomic mass is 32.2. The van der Waals surface area contributed by atoms with Crippen LogP contribution in [-0.2, 0) is 16.6 Å². The van der Waals surface area contributed by atoms with Gasteiger partial charge in [-0.3, -0.25) is 9.78 Å². The van der Waals surface area contributed by atoms with Crippen molar-refractivity contribution in [3.8, 4) is 11.5 Å². The Labute approximate surface area is 159 Å². The summed E-state index contributed by atoms with van der Waals surface area (Å²) in [5.41, 5.74) is 1.61. The van der Waals surface area contributed by atoms with Gasteiger partial charge in [-0.05, 0) is 24.3 Å². The van der Waals surface area contributed by atoms with Gasteiger partial charge in [-0.1, -0.05) is 11.8 Å². The van der Waals surface area contributed by atoms with E-state index in [4.69, 9.17) is 0 Å². The Kier molecular flexibility index (Phi) is 5.77. The van der Waals surface area contributed by atoms with Crippen LogP contribution in [-0.4, -0.2) is 49.5 Å². The van der Waals surface area contributed by atoms with Gasteiger partial charge in [0.15, 0.2) is 11.0 Å². The van der Waals surface area contributed by atoms with Crippen molar-refractivity contribution in [2.24, 2.45) is 7.05 Å². The zero-order chi connectivity index (χ0) is 19.2. The maximum Gasteiger partial charge on any atom is 0.337 e. The van der Waals surface area contributed by atoms with Crippen LogP contribution in [0.15, 0.2) is 48.0 Å². The van der Waals surface area contributed by atoms with E-state index < -0.39 is 5.97 Å². The van der Waals surface area contributed by atoms with Crippen molar-refractivity contribution in [1.29, 1.82) is 0 Å². The monoisotopic (exact) mass is 384 g/mol. The Morgan fingerprint density at radius 3 is 2.63 bits per heavy atom. The summed E-state index contributed by atoms with van der Waals surface area (Å²) >= 11 is 1.26. The number of ether oxygens (including phenoxy) is 1. The van der Waals surface area contributed by atoms with E-state index in [1.807, 2.05) is 0 Å². The lowest BCUT2D eigenvalue weighted by Gasteiger charge is -2.06. The first kappa shape index (κ1) is 18.5. The lowest BCUT2D eigenvalue weighted by Crippen LogP contribution is -2.14. The molecule has 0 atom stereocenters. The quantitative estimate of drug-likeness (QED) is 0.506. The minimum atomic E-state index is -0.426. The number of methoxy groups -OCH3 is 1. The topological polar surface area (TPSA) is 112 Å². The molecule has 2 heterocycles. The second-order valence-electron chi connectivity index (χ2n) is 5.36. The molecule has 0 radical (unpaired) electrons. The molecule has 1 N–H and O–H groups in total. The second kappa shape index (κ2) is 8.41. The first-order chi connectivity index (χ1) is 13.1. The van der Waals surface area contributed by atoms with Crippen LogP contribution in [0.1, 0.15) is 10.4 Å². The third kappa shape index (κ3) is 4.47. The number of nitrogens with zero attached hydrogens (tertiary/aromatic N) is 5. The molecule has 0 aliphatic heterocycles. The molecule has 3 rings (SSSR count). The number of esters is 1. The van der Waals surface area contributed by atoms with E-state index in [1.54, 1.807) is 54.5 Å². The number of hydrogen-bond acceptors (Lipinski definition) is 8. The molecule has 0 aliphatic rings. The Bertz CT molecular complexity index is 943. The average molecular weight is 384 g/mol. The lowest BCUT2D eigenvalue weighted by atomic mass is 10.2. The molecule has 1 amide bonds. The van der Waals surface area contributed by atoms with Crippen molar-refractivity contribution in [2.45, 2.75) is 5.16 Å². The van der Waals surface area contributed by atoms with E-state index in [0.29, 0.717) is 27.9 Å². The van der Waals surface area contributed by atoms with Crippen LogP contribution in [0, 0.1) is 0 Å². The van der Waals surface area contributed by atoms with Crippen LogP contribution in [0.4, 0.5) is 5.69 Å².